The number of aromatic nitrogens is 2. The number of carbonyl (C=O) groups is 1. The maximum Gasteiger partial charge on any atom is 0.311 e. The molecule has 1 heterocycles. The predicted molar refractivity (Wildman–Crippen MR) is 73.9 cm³/mol. The van der Waals surface area contributed by atoms with Crippen LogP contribution >= 0.6 is 0 Å². The summed E-state index contributed by atoms with van der Waals surface area (Å²) in [7, 11) is 0. The summed E-state index contributed by atoms with van der Waals surface area (Å²) in [6, 6.07) is 0.0660. The fourth-order valence-electron chi connectivity index (χ4n) is 2.24. The van der Waals surface area contributed by atoms with Crippen LogP contribution in [0.4, 0.5) is 0 Å². The molecule has 1 atom stereocenters. The fraction of sp³-hybridized carbons (Fsp3) is 0.714. The minimum Gasteiger partial charge on any atom is -0.463 e. The van der Waals surface area contributed by atoms with Gasteiger partial charge in [-0.2, -0.15) is 0 Å². The van der Waals surface area contributed by atoms with E-state index in [2.05, 4.69) is 4.98 Å². The molecule has 0 aliphatic rings. The van der Waals surface area contributed by atoms with Gasteiger partial charge in [-0.25, -0.2) is 4.98 Å². The van der Waals surface area contributed by atoms with Gasteiger partial charge in [0.2, 0.25) is 0 Å². The number of esters is 1. The van der Waals surface area contributed by atoms with Gasteiger partial charge >= 0.3 is 5.97 Å². The minimum atomic E-state index is -0.660. The lowest BCUT2D eigenvalue weighted by Crippen LogP contribution is -2.31. The molecule has 1 aromatic rings. The van der Waals surface area contributed by atoms with Crippen molar-refractivity contribution in [3.63, 3.8) is 0 Å². The lowest BCUT2D eigenvalue weighted by atomic mass is 9.85. The monoisotopic (exact) mass is 284 g/mol. The van der Waals surface area contributed by atoms with Gasteiger partial charge in [-0.3, -0.25) is 4.79 Å². The summed E-state index contributed by atoms with van der Waals surface area (Å²) in [6.45, 7) is 5.40. The smallest absolute Gasteiger partial charge is 0.311 e. The summed E-state index contributed by atoms with van der Waals surface area (Å²) in [5.41, 5.74) is -0.660. The van der Waals surface area contributed by atoms with Gasteiger partial charge in [0.1, 0.15) is 19.0 Å². The highest BCUT2D eigenvalue weighted by Gasteiger charge is 2.33. The lowest BCUT2D eigenvalue weighted by Gasteiger charge is -2.28. The maximum absolute atomic E-state index is 12.0. The number of aliphatic hydroxyl groups is 2. The van der Waals surface area contributed by atoms with Crippen LogP contribution in [-0.4, -0.2) is 38.9 Å². The Morgan fingerprint density at radius 3 is 2.75 bits per heavy atom. The Bertz CT molecular complexity index is 429. The third kappa shape index (κ3) is 4.05. The Labute approximate surface area is 119 Å². The molecule has 0 bridgehead atoms. The molecule has 0 spiro atoms. The van der Waals surface area contributed by atoms with Gasteiger partial charge in [0.15, 0.2) is 0 Å². The van der Waals surface area contributed by atoms with E-state index in [1.165, 1.54) is 0 Å². The second kappa shape index (κ2) is 7.40. The van der Waals surface area contributed by atoms with Crippen LogP contribution in [0, 0.1) is 5.41 Å². The number of rotatable bonds is 8. The van der Waals surface area contributed by atoms with E-state index < -0.39 is 5.41 Å². The average molecular weight is 284 g/mol. The Kier molecular flexibility index (Phi) is 6.16. The van der Waals surface area contributed by atoms with E-state index in [1.807, 2.05) is 31.5 Å². The second-order valence-corrected chi connectivity index (χ2v) is 5.42. The molecule has 1 unspecified atom stereocenters. The minimum absolute atomic E-state index is 0.0199. The molecule has 114 valence electrons. The van der Waals surface area contributed by atoms with E-state index in [0.29, 0.717) is 12.2 Å². The summed E-state index contributed by atoms with van der Waals surface area (Å²) in [5.74, 6) is 0.270. The topological polar surface area (TPSA) is 84.6 Å². The average Bonchev–Trinajstić information content (AvgIpc) is 2.90. The van der Waals surface area contributed by atoms with Gasteiger partial charge in [-0.05, 0) is 26.7 Å². The fourth-order valence-corrected chi connectivity index (χ4v) is 2.24. The maximum atomic E-state index is 12.0. The van der Waals surface area contributed by atoms with Crippen molar-refractivity contribution >= 4 is 5.97 Å². The number of ether oxygens (including phenoxy) is 1. The molecular weight excluding hydrogens is 260 g/mol. The van der Waals surface area contributed by atoms with Crippen molar-refractivity contribution in [2.45, 2.75) is 46.3 Å². The van der Waals surface area contributed by atoms with Crippen LogP contribution in [0.25, 0.3) is 0 Å². The number of aliphatic hydroxyl groups excluding tert-OH is 2. The first-order valence-electron chi connectivity index (χ1n) is 6.87. The molecule has 0 saturated heterocycles. The number of hydrogen-bond donors (Lipinski definition) is 2. The Morgan fingerprint density at radius 1 is 1.50 bits per heavy atom. The SMILES string of the molecule is CCC(CC(C)(C)C(=O)OCCO)n1ccnc1CO. The van der Waals surface area contributed by atoms with Crippen LogP contribution < -0.4 is 0 Å². The zero-order valence-corrected chi connectivity index (χ0v) is 12.4. The number of carbonyl (C=O) groups excluding carboxylic acids is 1. The van der Waals surface area contributed by atoms with Gasteiger partial charge in [0.25, 0.3) is 0 Å². The summed E-state index contributed by atoms with van der Waals surface area (Å²) in [4.78, 5) is 16.1. The van der Waals surface area contributed by atoms with Crippen molar-refractivity contribution in [2.75, 3.05) is 13.2 Å². The van der Waals surface area contributed by atoms with Crippen molar-refractivity contribution < 1.29 is 19.7 Å². The van der Waals surface area contributed by atoms with E-state index in [4.69, 9.17) is 9.84 Å². The van der Waals surface area contributed by atoms with E-state index in [0.717, 1.165) is 6.42 Å². The van der Waals surface area contributed by atoms with E-state index in [9.17, 15) is 9.90 Å². The van der Waals surface area contributed by atoms with Gasteiger partial charge in [-0.15, -0.1) is 0 Å². The second-order valence-electron chi connectivity index (χ2n) is 5.42. The molecule has 0 aromatic carbocycles. The molecule has 0 fully saturated rings. The normalized spacial score (nSPS) is 13.2. The molecular formula is C14H24N2O4. The molecule has 0 aliphatic heterocycles. The van der Waals surface area contributed by atoms with Crippen molar-refractivity contribution in [3.8, 4) is 0 Å². The van der Waals surface area contributed by atoms with Crippen molar-refractivity contribution in [1.29, 1.82) is 0 Å². The molecule has 1 rings (SSSR count). The highest BCUT2D eigenvalue weighted by molar-refractivity contribution is 5.75. The molecule has 1 aromatic heterocycles. The summed E-state index contributed by atoms with van der Waals surface area (Å²) in [5, 5.41) is 18.0. The van der Waals surface area contributed by atoms with Crippen LogP contribution in [0.15, 0.2) is 12.4 Å². The van der Waals surface area contributed by atoms with Gasteiger partial charge < -0.3 is 19.5 Å². The summed E-state index contributed by atoms with van der Waals surface area (Å²) < 4.78 is 6.92. The summed E-state index contributed by atoms with van der Waals surface area (Å²) in [6.07, 6.45) is 4.86. The first-order chi connectivity index (χ1) is 9.46. The predicted octanol–water partition coefficient (Wildman–Crippen LogP) is 1.28. The molecule has 2 N–H and O–H groups in total. The highest BCUT2D eigenvalue weighted by Crippen LogP contribution is 2.32. The highest BCUT2D eigenvalue weighted by atomic mass is 16.5. The number of hydrogen-bond acceptors (Lipinski definition) is 5. The standard InChI is InChI=1S/C14H24N2O4/c1-4-11(16-6-5-15-12(16)10-18)9-14(2,3)13(19)20-8-7-17/h5-6,11,17-18H,4,7-10H2,1-3H3. The van der Waals surface area contributed by atoms with Crippen LogP contribution in [0.5, 0.6) is 0 Å². The van der Waals surface area contributed by atoms with Crippen molar-refractivity contribution in [3.05, 3.63) is 18.2 Å². The third-order valence-corrected chi connectivity index (χ3v) is 3.38. The van der Waals surface area contributed by atoms with Crippen LogP contribution in [0.1, 0.15) is 45.5 Å². The molecule has 0 amide bonds. The third-order valence-electron chi connectivity index (χ3n) is 3.38. The van der Waals surface area contributed by atoms with Gasteiger partial charge in [0, 0.05) is 18.4 Å². The van der Waals surface area contributed by atoms with Gasteiger partial charge in [-0.1, -0.05) is 6.92 Å². The largest absolute Gasteiger partial charge is 0.463 e. The summed E-state index contributed by atoms with van der Waals surface area (Å²) >= 11 is 0. The number of imidazole rings is 1. The number of nitrogens with zero attached hydrogens (tertiary/aromatic N) is 2. The first-order valence-corrected chi connectivity index (χ1v) is 6.87. The zero-order valence-electron chi connectivity index (χ0n) is 12.4. The zero-order chi connectivity index (χ0) is 15.2. The Balaban J connectivity index is 2.79. The van der Waals surface area contributed by atoms with E-state index in [-0.39, 0.29) is 31.8 Å². The van der Waals surface area contributed by atoms with Crippen molar-refractivity contribution in [2.24, 2.45) is 5.41 Å². The molecule has 0 radical (unpaired) electrons. The van der Waals surface area contributed by atoms with Crippen LogP contribution in [-0.2, 0) is 16.1 Å². The molecule has 0 saturated carbocycles. The van der Waals surface area contributed by atoms with E-state index >= 15 is 0 Å². The van der Waals surface area contributed by atoms with E-state index in [1.54, 1.807) is 6.20 Å². The lowest BCUT2D eigenvalue weighted by molar-refractivity contribution is -0.155. The Hall–Kier alpha value is -1.40. The molecule has 6 heteroatoms. The molecule has 6 nitrogen and oxygen atoms in total. The first kappa shape index (κ1) is 16.7. The van der Waals surface area contributed by atoms with Gasteiger partial charge in [0.05, 0.1) is 12.0 Å². The van der Waals surface area contributed by atoms with Crippen LogP contribution in [0.2, 0.25) is 0 Å². The molecule has 0 aliphatic carbocycles. The van der Waals surface area contributed by atoms with Crippen LogP contribution in [0.3, 0.4) is 0 Å². The molecule has 20 heavy (non-hydrogen) atoms. The quantitative estimate of drug-likeness (QED) is 0.702. The Morgan fingerprint density at radius 2 is 2.20 bits per heavy atom. The van der Waals surface area contributed by atoms with Crippen molar-refractivity contribution in [1.82, 2.24) is 9.55 Å².